The summed E-state index contributed by atoms with van der Waals surface area (Å²) in [7, 11) is 0. The minimum absolute atomic E-state index is 0.793. The van der Waals surface area contributed by atoms with Gasteiger partial charge in [0.2, 0.25) is 0 Å². The third-order valence-electron chi connectivity index (χ3n) is 1.51. The van der Waals surface area contributed by atoms with Gasteiger partial charge >= 0.3 is 0 Å². The first-order valence-corrected chi connectivity index (χ1v) is 5.48. The zero-order chi connectivity index (χ0) is 9.82. The van der Waals surface area contributed by atoms with E-state index in [0.717, 1.165) is 5.92 Å². The zero-order valence-electron chi connectivity index (χ0n) is 9.61. The van der Waals surface area contributed by atoms with Gasteiger partial charge in [0.05, 0.1) is 0 Å². The molecule has 0 amide bonds. The molecular weight excluding hydrogens is 146 g/mol. The lowest BCUT2D eigenvalue weighted by molar-refractivity contribution is 0.534. The van der Waals surface area contributed by atoms with Crippen LogP contribution < -0.4 is 5.32 Å². The molecule has 0 aromatic rings. The molecule has 0 aliphatic heterocycles. The second-order valence-electron chi connectivity index (χ2n) is 3.31. The van der Waals surface area contributed by atoms with Crippen LogP contribution in [0.3, 0.4) is 0 Å². The van der Waals surface area contributed by atoms with E-state index in [1.54, 1.807) is 0 Å². The third kappa shape index (κ3) is 16.5. The Morgan fingerprint density at radius 3 is 2.08 bits per heavy atom. The highest BCUT2D eigenvalue weighted by molar-refractivity contribution is 4.50. The molecule has 0 aliphatic rings. The molecule has 1 heteroatoms. The summed E-state index contributed by atoms with van der Waals surface area (Å²) in [5, 5.41) is 3.42. The van der Waals surface area contributed by atoms with Crippen molar-refractivity contribution in [3.63, 3.8) is 0 Å². The Labute approximate surface area is 78.9 Å². The zero-order valence-corrected chi connectivity index (χ0v) is 9.61. The van der Waals surface area contributed by atoms with Crippen LogP contribution in [0.2, 0.25) is 0 Å². The summed E-state index contributed by atoms with van der Waals surface area (Å²) in [6.45, 7) is 13.1. The molecule has 0 radical (unpaired) electrons. The van der Waals surface area contributed by atoms with Crippen molar-refractivity contribution < 1.29 is 0 Å². The molecule has 0 spiro atoms. The van der Waals surface area contributed by atoms with E-state index in [1.807, 2.05) is 13.8 Å². The maximum atomic E-state index is 3.42. The Balaban J connectivity index is 0. The van der Waals surface area contributed by atoms with E-state index in [1.165, 1.54) is 32.4 Å². The smallest absolute Gasteiger partial charge is 0.00258 e. The van der Waals surface area contributed by atoms with E-state index < -0.39 is 0 Å². The summed E-state index contributed by atoms with van der Waals surface area (Å²) in [6.07, 6.45) is 4.03. The van der Waals surface area contributed by atoms with Gasteiger partial charge in [0.25, 0.3) is 0 Å². The second-order valence-corrected chi connectivity index (χ2v) is 3.31. The van der Waals surface area contributed by atoms with E-state index in [4.69, 9.17) is 0 Å². The highest BCUT2D eigenvalue weighted by atomic mass is 14.8. The fourth-order valence-electron chi connectivity index (χ4n) is 0.891. The van der Waals surface area contributed by atoms with Gasteiger partial charge in [-0.15, -0.1) is 0 Å². The fraction of sp³-hybridized carbons (Fsp3) is 1.00. The Bertz CT molecular complexity index is 60.0. The minimum Gasteiger partial charge on any atom is -0.316 e. The molecule has 0 saturated carbocycles. The Morgan fingerprint density at radius 1 is 1.08 bits per heavy atom. The SMILES string of the molecule is CC.CCCCCNCC(C)C. The normalized spacial score (nSPS) is 9.50. The molecule has 0 heterocycles. The first-order chi connectivity index (χ1) is 5.77. The first-order valence-electron chi connectivity index (χ1n) is 5.48. The number of unbranched alkanes of at least 4 members (excludes halogenated alkanes) is 2. The fourth-order valence-corrected chi connectivity index (χ4v) is 0.891. The highest BCUT2D eigenvalue weighted by Gasteiger charge is 1.90. The highest BCUT2D eigenvalue weighted by Crippen LogP contribution is 1.92. The molecule has 12 heavy (non-hydrogen) atoms. The van der Waals surface area contributed by atoms with Gasteiger partial charge < -0.3 is 5.32 Å². The van der Waals surface area contributed by atoms with Gasteiger partial charge in [0.1, 0.15) is 0 Å². The molecular formula is C11H27N. The van der Waals surface area contributed by atoms with Crippen molar-refractivity contribution in [3.8, 4) is 0 Å². The average molecular weight is 173 g/mol. The van der Waals surface area contributed by atoms with Crippen LogP contribution in [-0.4, -0.2) is 13.1 Å². The number of nitrogens with one attached hydrogen (secondary N) is 1. The Morgan fingerprint density at radius 2 is 1.67 bits per heavy atom. The van der Waals surface area contributed by atoms with Crippen LogP contribution in [0.25, 0.3) is 0 Å². The molecule has 0 bridgehead atoms. The second kappa shape index (κ2) is 13.5. The standard InChI is InChI=1S/C9H21N.C2H6/c1-4-5-6-7-10-8-9(2)3;1-2/h9-10H,4-8H2,1-3H3;1-2H3. The summed E-state index contributed by atoms with van der Waals surface area (Å²) >= 11 is 0. The van der Waals surface area contributed by atoms with Crippen LogP contribution in [0.1, 0.15) is 53.9 Å². The van der Waals surface area contributed by atoms with Gasteiger partial charge in [-0.05, 0) is 25.4 Å². The van der Waals surface area contributed by atoms with E-state index in [2.05, 4.69) is 26.1 Å². The quantitative estimate of drug-likeness (QED) is 0.607. The Kier molecular flexibility index (Phi) is 16.3. The molecule has 0 unspecified atom stereocenters. The summed E-state index contributed by atoms with van der Waals surface area (Å²) in [5.74, 6) is 0.793. The van der Waals surface area contributed by atoms with Gasteiger partial charge in [-0.2, -0.15) is 0 Å². The lowest BCUT2D eigenvalue weighted by Gasteiger charge is -2.05. The van der Waals surface area contributed by atoms with Crippen LogP contribution in [0.4, 0.5) is 0 Å². The molecule has 1 N–H and O–H groups in total. The van der Waals surface area contributed by atoms with Crippen molar-refractivity contribution >= 4 is 0 Å². The predicted molar refractivity (Wildman–Crippen MR) is 58.6 cm³/mol. The topological polar surface area (TPSA) is 12.0 Å². The van der Waals surface area contributed by atoms with Gasteiger partial charge in [0.15, 0.2) is 0 Å². The summed E-state index contributed by atoms with van der Waals surface area (Å²) in [5.41, 5.74) is 0. The first kappa shape index (κ1) is 14.5. The van der Waals surface area contributed by atoms with Gasteiger partial charge in [-0.3, -0.25) is 0 Å². The summed E-state index contributed by atoms with van der Waals surface area (Å²) in [4.78, 5) is 0. The third-order valence-corrected chi connectivity index (χ3v) is 1.51. The lowest BCUT2D eigenvalue weighted by Crippen LogP contribution is -2.20. The van der Waals surface area contributed by atoms with Crippen molar-refractivity contribution in [2.75, 3.05) is 13.1 Å². The van der Waals surface area contributed by atoms with Crippen molar-refractivity contribution in [1.82, 2.24) is 5.32 Å². The van der Waals surface area contributed by atoms with Crippen LogP contribution in [0.15, 0.2) is 0 Å². The molecule has 0 atom stereocenters. The average Bonchev–Trinajstić information content (AvgIpc) is 2.07. The van der Waals surface area contributed by atoms with Gasteiger partial charge in [-0.1, -0.05) is 47.5 Å². The maximum Gasteiger partial charge on any atom is -0.00258 e. The number of rotatable bonds is 6. The van der Waals surface area contributed by atoms with Crippen molar-refractivity contribution in [2.45, 2.75) is 53.9 Å². The molecule has 0 aliphatic carbocycles. The van der Waals surface area contributed by atoms with E-state index in [0.29, 0.717) is 0 Å². The maximum absolute atomic E-state index is 3.42. The summed E-state index contributed by atoms with van der Waals surface area (Å²) < 4.78 is 0. The predicted octanol–water partition coefficient (Wildman–Crippen LogP) is 3.45. The van der Waals surface area contributed by atoms with E-state index in [-0.39, 0.29) is 0 Å². The van der Waals surface area contributed by atoms with Crippen molar-refractivity contribution in [1.29, 1.82) is 0 Å². The molecule has 0 fully saturated rings. The van der Waals surface area contributed by atoms with Crippen LogP contribution in [-0.2, 0) is 0 Å². The van der Waals surface area contributed by atoms with Crippen molar-refractivity contribution in [3.05, 3.63) is 0 Å². The van der Waals surface area contributed by atoms with Crippen LogP contribution in [0.5, 0.6) is 0 Å². The van der Waals surface area contributed by atoms with E-state index >= 15 is 0 Å². The van der Waals surface area contributed by atoms with Crippen molar-refractivity contribution in [2.24, 2.45) is 5.92 Å². The molecule has 0 rings (SSSR count). The minimum atomic E-state index is 0.793. The molecule has 0 aromatic carbocycles. The molecule has 0 saturated heterocycles. The molecule has 0 aromatic heterocycles. The van der Waals surface area contributed by atoms with E-state index in [9.17, 15) is 0 Å². The number of hydrogen-bond donors (Lipinski definition) is 1. The Hall–Kier alpha value is -0.0400. The molecule has 1 nitrogen and oxygen atoms in total. The van der Waals surface area contributed by atoms with Gasteiger partial charge in [0, 0.05) is 0 Å². The monoisotopic (exact) mass is 173 g/mol. The lowest BCUT2D eigenvalue weighted by atomic mass is 10.2. The van der Waals surface area contributed by atoms with Crippen LogP contribution >= 0.6 is 0 Å². The molecule has 76 valence electrons. The van der Waals surface area contributed by atoms with Crippen LogP contribution in [0, 0.1) is 5.92 Å². The summed E-state index contributed by atoms with van der Waals surface area (Å²) in [6, 6.07) is 0. The largest absolute Gasteiger partial charge is 0.316 e. The van der Waals surface area contributed by atoms with Gasteiger partial charge in [-0.25, -0.2) is 0 Å². The number of hydrogen-bond acceptors (Lipinski definition) is 1.